The maximum atomic E-state index is 4.53. The number of thiazole rings is 1. The van der Waals surface area contributed by atoms with Gasteiger partial charge in [-0.05, 0) is 37.5 Å². The van der Waals surface area contributed by atoms with Crippen molar-refractivity contribution in [3.8, 4) is 0 Å². The fraction of sp³-hybridized carbons (Fsp3) is 0.357. The second-order valence-electron chi connectivity index (χ2n) is 4.76. The summed E-state index contributed by atoms with van der Waals surface area (Å²) in [5, 5.41) is 5.68. The van der Waals surface area contributed by atoms with Gasteiger partial charge in [0.15, 0.2) is 4.34 Å². The first kappa shape index (κ1) is 13.6. The van der Waals surface area contributed by atoms with Crippen LogP contribution in [0, 0.1) is 6.92 Å². The zero-order chi connectivity index (χ0) is 13.2. The highest BCUT2D eigenvalue weighted by molar-refractivity contribution is 9.10. The summed E-state index contributed by atoms with van der Waals surface area (Å²) in [5.74, 6) is 0. The van der Waals surface area contributed by atoms with Crippen molar-refractivity contribution in [2.45, 2.75) is 41.6 Å². The van der Waals surface area contributed by atoms with Gasteiger partial charge >= 0.3 is 0 Å². The van der Waals surface area contributed by atoms with Gasteiger partial charge in [0.2, 0.25) is 0 Å². The van der Waals surface area contributed by atoms with Crippen LogP contribution in [0.3, 0.4) is 0 Å². The molecule has 1 heterocycles. The number of benzene rings is 1. The zero-order valence-corrected chi connectivity index (χ0v) is 13.9. The summed E-state index contributed by atoms with van der Waals surface area (Å²) in [6, 6.07) is 7.23. The molecule has 1 aliphatic carbocycles. The van der Waals surface area contributed by atoms with Crippen LogP contribution in [0.25, 0.3) is 0 Å². The Balaban J connectivity index is 1.78. The summed E-state index contributed by atoms with van der Waals surface area (Å²) in [6.45, 7) is 2.99. The fourth-order valence-corrected chi connectivity index (χ4v) is 4.26. The Morgan fingerprint density at radius 1 is 1.47 bits per heavy atom. The number of hydrogen-bond acceptors (Lipinski definition) is 4. The van der Waals surface area contributed by atoms with Gasteiger partial charge in [0.25, 0.3) is 0 Å². The van der Waals surface area contributed by atoms with E-state index in [-0.39, 0.29) is 0 Å². The summed E-state index contributed by atoms with van der Waals surface area (Å²) in [5.41, 5.74) is 2.45. The minimum atomic E-state index is 0.739. The van der Waals surface area contributed by atoms with Gasteiger partial charge in [0.1, 0.15) is 0 Å². The first-order valence-corrected chi connectivity index (χ1v) is 8.81. The van der Waals surface area contributed by atoms with E-state index < -0.39 is 0 Å². The van der Waals surface area contributed by atoms with Crippen LogP contribution in [0.4, 0.5) is 0 Å². The molecule has 0 aliphatic heterocycles. The van der Waals surface area contributed by atoms with E-state index >= 15 is 0 Å². The molecule has 0 unspecified atom stereocenters. The summed E-state index contributed by atoms with van der Waals surface area (Å²) in [7, 11) is 0. The van der Waals surface area contributed by atoms with Crippen molar-refractivity contribution in [3.63, 3.8) is 0 Å². The molecule has 19 heavy (non-hydrogen) atoms. The van der Waals surface area contributed by atoms with Gasteiger partial charge in [0, 0.05) is 33.0 Å². The van der Waals surface area contributed by atoms with Crippen molar-refractivity contribution >= 4 is 39.0 Å². The lowest BCUT2D eigenvalue weighted by Crippen LogP contribution is -2.15. The molecule has 1 aliphatic rings. The van der Waals surface area contributed by atoms with Crippen LogP contribution in [0.15, 0.2) is 37.3 Å². The molecule has 2 aromatic rings. The molecule has 0 amide bonds. The maximum Gasteiger partial charge on any atom is 0.154 e. The van der Waals surface area contributed by atoms with Crippen LogP contribution >= 0.6 is 39.0 Å². The Labute approximate surface area is 130 Å². The second-order valence-corrected chi connectivity index (χ2v) is 7.83. The van der Waals surface area contributed by atoms with Crippen LogP contribution in [0.1, 0.15) is 24.1 Å². The average molecular weight is 355 g/mol. The lowest BCUT2D eigenvalue weighted by atomic mass is 10.2. The largest absolute Gasteiger partial charge is 0.310 e. The Bertz CT molecular complexity index is 579. The van der Waals surface area contributed by atoms with Gasteiger partial charge in [-0.1, -0.05) is 33.8 Å². The molecule has 1 N–H and O–H groups in total. The quantitative estimate of drug-likeness (QED) is 0.847. The summed E-state index contributed by atoms with van der Waals surface area (Å²) >= 11 is 7.03. The number of halogens is 1. The minimum Gasteiger partial charge on any atom is -0.310 e. The lowest BCUT2D eigenvalue weighted by molar-refractivity contribution is 0.680. The van der Waals surface area contributed by atoms with Gasteiger partial charge in [-0.25, -0.2) is 4.98 Å². The molecule has 1 aromatic heterocycles. The first-order valence-electron chi connectivity index (χ1n) is 6.32. The molecule has 0 atom stereocenters. The number of aryl methyl sites for hydroxylation is 1. The molecule has 5 heteroatoms. The van der Waals surface area contributed by atoms with Crippen molar-refractivity contribution in [1.29, 1.82) is 0 Å². The highest BCUT2D eigenvalue weighted by Crippen LogP contribution is 2.34. The Hall–Kier alpha value is -0.360. The van der Waals surface area contributed by atoms with Crippen molar-refractivity contribution in [2.75, 3.05) is 0 Å². The summed E-state index contributed by atoms with van der Waals surface area (Å²) in [4.78, 5) is 5.82. The van der Waals surface area contributed by atoms with E-state index in [0.717, 1.165) is 27.1 Å². The normalized spacial score (nSPS) is 14.8. The van der Waals surface area contributed by atoms with Crippen LogP contribution < -0.4 is 5.32 Å². The van der Waals surface area contributed by atoms with Crippen molar-refractivity contribution < 1.29 is 0 Å². The Morgan fingerprint density at radius 3 is 3.00 bits per heavy atom. The lowest BCUT2D eigenvalue weighted by Gasteiger charge is -2.09. The molecular formula is C14H15BrN2S2. The van der Waals surface area contributed by atoms with Crippen LogP contribution in [0.2, 0.25) is 0 Å². The predicted molar refractivity (Wildman–Crippen MR) is 85.0 cm³/mol. The average Bonchev–Trinajstić information content (AvgIpc) is 3.12. The van der Waals surface area contributed by atoms with E-state index in [0.29, 0.717) is 0 Å². The molecule has 3 rings (SSSR count). The van der Waals surface area contributed by atoms with E-state index in [2.05, 4.69) is 49.8 Å². The predicted octanol–water partition coefficient (Wildman–Crippen LogP) is 4.62. The molecule has 1 fully saturated rings. The van der Waals surface area contributed by atoms with Gasteiger partial charge < -0.3 is 5.32 Å². The molecule has 2 nitrogen and oxygen atoms in total. The van der Waals surface area contributed by atoms with Gasteiger partial charge in [0.05, 0.1) is 0 Å². The maximum absolute atomic E-state index is 4.53. The number of hydrogen-bond donors (Lipinski definition) is 1. The Kier molecular flexibility index (Phi) is 4.27. The second kappa shape index (κ2) is 5.95. The van der Waals surface area contributed by atoms with Crippen LogP contribution in [-0.4, -0.2) is 11.0 Å². The zero-order valence-electron chi connectivity index (χ0n) is 10.6. The van der Waals surface area contributed by atoms with Crippen molar-refractivity contribution in [2.24, 2.45) is 0 Å². The molecule has 0 bridgehead atoms. The van der Waals surface area contributed by atoms with Gasteiger partial charge in [-0.15, -0.1) is 11.3 Å². The molecule has 1 saturated carbocycles. The number of rotatable bonds is 5. The third-order valence-electron chi connectivity index (χ3n) is 2.98. The smallest absolute Gasteiger partial charge is 0.154 e. The molecule has 0 spiro atoms. The monoisotopic (exact) mass is 354 g/mol. The van der Waals surface area contributed by atoms with E-state index in [4.69, 9.17) is 0 Å². The Morgan fingerprint density at radius 2 is 2.32 bits per heavy atom. The molecule has 100 valence electrons. The minimum absolute atomic E-state index is 0.739. The SMILES string of the molecule is Cc1csc(Sc2cc(Br)ccc2CNC2CC2)n1. The number of nitrogens with one attached hydrogen (secondary N) is 1. The third kappa shape index (κ3) is 3.81. The standard InChI is InChI=1S/C14H15BrN2S2/c1-9-8-18-14(17-9)19-13-6-11(15)3-2-10(13)7-16-12-4-5-12/h2-3,6,8,12,16H,4-5,7H2,1H3. The number of nitrogens with zero attached hydrogens (tertiary/aromatic N) is 1. The van der Waals surface area contributed by atoms with Crippen LogP contribution in [-0.2, 0) is 6.54 Å². The number of aromatic nitrogens is 1. The van der Waals surface area contributed by atoms with E-state index in [1.165, 1.54) is 23.3 Å². The topological polar surface area (TPSA) is 24.9 Å². The fourth-order valence-electron chi connectivity index (χ4n) is 1.78. The van der Waals surface area contributed by atoms with Gasteiger partial charge in [-0.2, -0.15) is 0 Å². The molecular weight excluding hydrogens is 340 g/mol. The molecule has 0 saturated heterocycles. The summed E-state index contributed by atoms with van der Waals surface area (Å²) < 4.78 is 2.24. The van der Waals surface area contributed by atoms with Crippen LogP contribution in [0.5, 0.6) is 0 Å². The van der Waals surface area contributed by atoms with Crippen molar-refractivity contribution in [1.82, 2.24) is 10.3 Å². The highest BCUT2D eigenvalue weighted by Gasteiger charge is 2.20. The van der Waals surface area contributed by atoms with E-state index in [1.54, 1.807) is 23.1 Å². The third-order valence-corrected chi connectivity index (χ3v) is 5.63. The first-order chi connectivity index (χ1) is 9.20. The molecule has 0 radical (unpaired) electrons. The van der Waals surface area contributed by atoms with Gasteiger partial charge in [-0.3, -0.25) is 0 Å². The molecule has 1 aromatic carbocycles. The summed E-state index contributed by atoms with van der Waals surface area (Å²) in [6.07, 6.45) is 2.65. The van der Waals surface area contributed by atoms with Crippen molar-refractivity contribution in [3.05, 3.63) is 39.3 Å². The van der Waals surface area contributed by atoms with E-state index in [1.807, 2.05) is 6.92 Å². The van der Waals surface area contributed by atoms with E-state index in [9.17, 15) is 0 Å². The highest BCUT2D eigenvalue weighted by atomic mass is 79.9.